The number of carbonyl (C=O) groups is 2. The molecule has 1 aliphatic heterocycles. The summed E-state index contributed by atoms with van der Waals surface area (Å²) in [4.78, 5) is 38.4. The maximum absolute atomic E-state index is 13.5. The number of hydrogen-bond donors (Lipinski definition) is 1. The number of amides is 2. The number of piperazine rings is 1. The molecule has 0 aliphatic carbocycles. The third-order valence-electron chi connectivity index (χ3n) is 4.68. The third-order valence-corrected chi connectivity index (χ3v) is 4.98. The van der Waals surface area contributed by atoms with Gasteiger partial charge in [-0.2, -0.15) is 0 Å². The highest BCUT2D eigenvalue weighted by Gasteiger charge is 2.26. The molecule has 1 N–H and O–H groups in total. The Balaban J connectivity index is 1.80. The Morgan fingerprint density at radius 2 is 1.83 bits per heavy atom. The smallest absolute Gasteiger partial charge is 0.293 e. The third kappa shape index (κ3) is 4.62. The van der Waals surface area contributed by atoms with Crippen molar-refractivity contribution in [1.29, 1.82) is 0 Å². The molecule has 3 rings (SSSR count). The van der Waals surface area contributed by atoms with Crippen LogP contribution >= 0.6 is 11.6 Å². The van der Waals surface area contributed by atoms with E-state index in [0.29, 0.717) is 31.9 Å². The quantitative estimate of drug-likeness (QED) is 0.604. The van der Waals surface area contributed by atoms with Gasteiger partial charge in [0.05, 0.1) is 9.95 Å². The van der Waals surface area contributed by atoms with Crippen LogP contribution in [0.3, 0.4) is 0 Å². The molecule has 2 aromatic rings. The van der Waals surface area contributed by atoms with Crippen molar-refractivity contribution in [3.05, 3.63) is 62.9 Å². The molecule has 1 saturated heterocycles. The molecule has 0 spiro atoms. The lowest BCUT2D eigenvalue weighted by molar-refractivity contribution is -0.384. The van der Waals surface area contributed by atoms with Crippen molar-refractivity contribution in [2.75, 3.05) is 36.4 Å². The second kappa shape index (κ2) is 8.44. The average Bonchev–Trinajstić information content (AvgIpc) is 2.70. The standard InChI is InChI=1S/C19H18ClFN4O4/c1-12(26)23-6-8-24(9-7-23)17-5-2-13(10-18(17)25(28)29)19(27)22-14-3-4-15(20)16(21)11-14/h2-5,10-11H,6-9H2,1H3,(H,22,27). The fraction of sp³-hybridized carbons (Fsp3) is 0.263. The van der Waals surface area contributed by atoms with E-state index >= 15 is 0 Å². The Labute approximate surface area is 171 Å². The van der Waals surface area contributed by atoms with Crippen molar-refractivity contribution < 1.29 is 18.9 Å². The Hall–Kier alpha value is -3.20. The zero-order valence-electron chi connectivity index (χ0n) is 15.5. The topological polar surface area (TPSA) is 95.8 Å². The fourth-order valence-corrected chi connectivity index (χ4v) is 3.24. The van der Waals surface area contributed by atoms with Gasteiger partial charge >= 0.3 is 0 Å². The zero-order valence-corrected chi connectivity index (χ0v) is 16.3. The monoisotopic (exact) mass is 420 g/mol. The van der Waals surface area contributed by atoms with Crippen LogP contribution in [0.15, 0.2) is 36.4 Å². The molecule has 1 heterocycles. The molecule has 0 aromatic heterocycles. The molecule has 8 nitrogen and oxygen atoms in total. The number of benzene rings is 2. The second-order valence-electron chi connectivity index (χ2n) is 6.54. The first-order valence-electron chi connectivity index (χ1n) is 8.81. The molecule has 2 aromatic carbocycles. The summed E-state index contributed by atoms with van der Waals surface area (Å²) >= 11 is 5.62. The first kappa shape index (κ1) is 20.5. The van der Waals surface area contributed by atoms with E-state index in [-0.39, 0.29) is 27.9 Å². The summed E-state index contributed by atoms with van der Waals surface area (Å²) in [6, 6.07) is 7.98. The Morgan fingerprint density at radius 1 is 1.14 bits per heavy atom. The summed E-state index contributed by atoms with van der Waals surface area (Å²) < 4.78 is 13.5. The largest absolute Gasteiger partial charge is 0.362 e. The number of anilines is 2. The lowest BCUT2D eigenvalue weighted by atomic mass is 10.1. The van der Waals surface area contributed by atoms with Gasteiger partial charge < -0.3 is 15.1 Å². The van der Waals surface area contributed by atoms with Gasteiger partial charge in [0.25, 0.3) is 11.6 Å². The molecular formula is C19H18ClFN4O4. The summed E-state index contributed by atoms with van der Waals surface area (Å²) in [5, 5.41) is 14.0. The minimum Gasteiger partial charge on any atom is -0.362 e. The molecule has 10 heteroatoms. The van der Waals surface area contributed by atoms with Gasteiger partial charge in [-0.25, -0.2) is 4.39 Å². The molecule has 152 valence electrons. The van der Waals surface area contributed by atoms with Crippen LogP contribution in [-0.4, -0.2) is 47.8 Å². The maximum Gasteiger partial charge on any atom is 0.293 e. The van der Waals surface area contributed by atoms with Crippen molar-refractivity contribution in [2.45, 2.75) is 6.92 Å². The normalized spacial score (nSPS) is 13.9. The summed E-state index contributed by atoms with van der Waals surface area (Å²) in [5.41, 5.74) is 0.422. The number of nitro groups is 1. The molecule has 0 unspecified atom stereocenters. The van der Waals surface area contributed by atoms with Gasteiger partial charge in [0.2, 0.25) is 5.91 Å². The lowest BCUT2D eigenvalue weighted by Gasteiger charge is -2.35. The lowest BCUT2D eigenvalue weighted by Crippen LogP contribution is -2.48. The van der Waals surface area contributed by atoms with E-state index in [0.717, 1.165) is 6.07 Å². The van der Waals surface area contributed by atoms with Crippen molar-refractivity contribution in [3.63, 3.8) is 0 Å². The Kier molecular flexibility index (Phi) is 5.97. The molecule has 0 atom stereocenters. The molecular weight excluding hydrogens is 403 g/mol. The highest BCUT2D eigenvalue weighted by Crippen LogP contribution is 2.30. The van der Waals surface area contributed by atoms with Crippen molar-refractivity contribution in [1.82, 2.24) is 4.90 Å². The maximum atomic E-state index is 13.5. The predicted octanol–water partition coefficient (Wildman–Crippen LogP) is 3.31. The Bertz CT molecular complexity index is 977. The molecule has 0 bridgehead atoms. The van der Waals surface area contributed by atoms with E-state index in [4.69, 9.17) is 11.6 Å². The van der Waals surface area contributed by atoms with Crippen molar-refractivity contribution >= 4 is 40.5 Å². The number of nitrogens with zero attached hydrogens (tertiary/aromatic N) is 3. The first-order valence-corrected chi connectivity index (χ1v) is 9.19. The van der Waals surface area contributed by atoms with Crippen LogP contribution < -0.4 is 10.2 Å². The van der Waals surface area contributed by atoms with E-state index in [9.17, 15) is 24.1 Å². The zero-order chi connectivity index (χ0) is 21.1. The second-order valence-corrected chi connectivity index (χ2v) is 6.94. The minimum absolute atomic E-state index is 0.0372. The van der Waals surface area contributed by atoms with E-state index < -0.39 is 16.6 Å². The van der Waals surface area contributed by atoms with E-state index in [2.05, 4.69) is 5.32 Å². The summed E-state index contributed by atoms with van der Waals surface area (Å²) in [7, 11) is 0. The van der Waals surface area contributed by atoms with Crippen LogP contribution in [-0.2, 0) is 4.79 Å². The van der Waals surface area contributed by atoms with Gasteiger partial charge in [-0.1, -0.05) is 11.6 Å². The number of rotatable bonds is 4. The van der Waals surface area contributed by atoms with Crippen molar-refractivity contribution in [3.8, 4) is 0 Å². The van der Waals surface area contributed by atoms with E-state index in [1.807, 2.05) is 4.90 Å². The summed E-state index contributed by atoms with van der Waals surface area (Å²) in [6.07, 6.45) is 0. The van der Waals surface area contributed by atoms with Gasteiger partial charge in [-0.15, -0.1) is 0 Å². The van der Waals surface area contributed by atoms with Crippen LogP contribution in [0.2, 0.25) is 5.02 Å². The van der Waals surface area contributed by atoms with Crippen molar-refractivity contribution in [2.24, 2.45) is 0 Å². The number of nitrogens with one attached hydrogen (secondary N) is 1. The first-order chi connectivity index (χ1) is 13.8. The number of hydrogen-bond acceptors (Lipinski definition) is 5. The van der Waals surface area contributed by atoms with E-state index in [1.165, 1.54) is 37.3 Å². The van der Waals surface area contributed by atoms with Gasteiger partial charge in [-0.05, 0) is 30.3 Å². The number of halogens is 2. The van der Waals surface area contributed by atoms with Gasteiger partial charge in [0.1, 0.15) is 11.5 Å². The number of carbonyl (C=O) groups excluding carboxylic acids is 2. The van der Waals surface area contributed by atoms with Gasteiger partial charge in [0.15, 0.2) is 0 Å². The molecule has 1 fully saturated rings. The Morgan fingerprint density at radius 3 is 2.41 bits per heavy atom. The predicted molar refractivity (Wildman–Crippen MR) is 107 cm³/mol. The molecule has 2 amide bonds. The fourth-order valence-electron chi connectivity index (χ4n) is 3.12. The van der Waals surface area contributed by atoms with Crippen LogP contribution in [0.1, 0.15) is 17.3 Å². The molecule has 0 saturated carbocycles. The highest BCUT2D eigenvalue weighted by molar-refractivity contribution is 6.30. The van der Waals surface area contributed by atoms with Gasteiger partial charge in [-0.3, -0.25) is 19.7 Å². The van der Waals surface area contributed by atoms with Crippen LogP contribution in [0.4, 0.5) is 21.5 Å². The van der Waals surface area contributed by atoms with Crippen LogP contribution in [0.5, 0.6) is 0 Å². The number of nitro benzene ring substituents is 1. The summed E-state index contributed by atoms with van der Waals surface area (Å²) in [6.45, 7) is 3.33. The average molecular weight is 421 g/mol. The SMILES string of the molecule is CC(=O)N1CCN(c2ccc(C(=O)Nc3ccc(Cl)c(F)c3)cc2[N+](=O)[O-])CC1. The highest BCUT2D eigenvalue weighted by atomic mass is 35.5. The molecule has 0 radical (unpaired) electrons. The van der Waals surface area contributed by atoms with Crippen LogP contribution in [0.25, 0.3) is 0 Å². The molecule has 1 aliphatic rings. The minimum atomic E-state index is -0.685. The van der Waals surface area contributed by atoms with E-state index in [1.54, 1.807) is 4.90 Å². The summed E-state index contributed by atoms with van der Waals surface area (Å²) in [5.74, 6) is -1.33. The van der Waals surface area contributed by atoms with Gasteiger partial charge in [0, 0.05) is 50.4 Å². The molecule has 29 heavy (non-hydrogen) atoms. The van der Waals surface area contributed by atoms with Crippen LogP contribution in [0, 0.1) is 15.9 Å².